The van der Waals surface area contributed by atoms with Crippen molar-refractivity contribution >= 4 is 11.9 Å². The lowest BCUT2D eigenvalue weighted by Gasteiger charge is -2.60. The Hall–Kier alpha value is -4.79. The minimum absolute atomic E-state index is 0.00524. The smallest absolute Gasteiger partial charge is 0.308 e. The number of hydrogen-bond donors (Lipinski definition) is 2. The average molecular weight is 625 g/mol. The third-order valence-corrected chi connectivity index (χ3v) is 10.0. The molecule has 1 fully saturated rings. The lowest BCUT2D eigenvalue weighted by atomic mass is 9.71. The Kier molecular flexibility index (Phi) is 7.30. The van der Waals surface area contributed by atoms with Gasteiger partial charge in [0.25, 0.3) is 5.91 Å². The van der Waals surface area contributed by atoms with Gasteiger partial charge >= 0.3 is 5.97 Å². The number of esters is 1. The molecule has 0 aromatic heterocycles. The molecule has 5 atom stereocenters. The molecule has 11 nitrogen and oxygen atoms in total. The van der Waals surface area contributed by atoms with Crippen LogP contribution in [0.3, 0.4) is 0 Å². The first-order chi connectivity index (χ1) is 22.2. The van der Waals surface area contributed by atoms with Crippen LogP contribution >= 0.6 is 0 Å². The van der Waals surface area contributed by atoms with Gasteiger partial charge in [-0.2, -0.15) is 5.26 Å². The zero-order valence-electron chi connectivity index (χ0n) is 26.4. The number of phenols is 1. The monoisotopic (exact) mass is 624 g/mol. The van der Waals surface area contributed by atoms with Crippen LogP contribution in [0.2, 0.25) is 0 Å². The summed E-state index contributed by atoms with van der Waals surface area (Å²) in [6.45, 7) is 5.24. The fourth-order valence-corrected chi connectivity index (χ4v) is 8.19. The first-order valence-corrected chi connectivity index (χ1v) is 15.4. The summed E-state index contributed by atoms with van der Waals surface area (Å²) >= 11 is 0. The Labute approximate surface area is 267 Å². The summed E-state index contributed by atoms with van der Waals surface area (Å²) in [4.78, 5) is 30.2. The summed E-state index contributed by atoms with van der Waals surface area (Å²) < 4.78 is 23.5. The van der Waals surface area contributed by atoms with Gasteiger partial charge in [0, 0.05) is 53.4 Å². The number of carbonyl (C=O) groups excluding carboxylic acids is 2. The number of methoxy groups -OCH3 is 1. The van der Waals surface area contributed by atoms with Gasteiger partial charge in [0.05, 0.1) is 25.3 Å². The number of rotatable bonds is 5. The number of likely N-dealkylation sites (N-methyl/N-ethyl adjacent to an activating group) is 1. The van der Waals surface area contributed by atoms with E-state index in [0.717, 1.165) is 27.8 Å². The highest BCUT2D eigenvalue weighted by Gasteiger charge is 2.56. The Morgan fingerprint density at radius 2 is 1.83 bits per heavy atom. The summed E-state index contributed by atoms with van der Waals surface area (Å²) in [6, 6.07) is 11.6. The van der Waals surface area contributed by atoms with Crippen molar-refractivity contribution in [3.8, 4) is 34.8 Å². The van der Waals surface area contributed by atoms with Gasteiger partial charge in [0.2, 0.25) is 6.79 Å². The highest BCUT2D eigenvalue weighted by Crippen LogP contribution is 2.58. The number of carbonyl (C=O) groups is 2. The molecule has 3 aromatic rings. The molecule has 4 aliphatic rings. The third-order valence-electron chi connectivity index (χ3n) is 10.0. The van der Waals surface area contributed by atoms with E-state index in [1.54, 1.807) is 31.4 Å². The lowest BCUT2D eigenvalue weighted by molar-refractivity contribution is -0.132. The van der Waals surface area contributed by atoms with E-state index in [9.17, 15) is 20.0 Å². The molecule has 4 unspecified atom stereocenters. The fraction of sp³-hybridized carbons (Fsp3) is 0.400. The van der Waals surface area contributed by atoms with E-state index in [2.05, 4.69) is 21.2 Å². The summed E-state index contributed by atoms with van der Waals surface area (Å²) in [5.74, 6) is 1.19. The number of amides is 1. The number of hydrogen-bond acceptors (Lipinski definition) is 10. The summed E-state index contributed by atoms with van der Waals surface area (Å²) in [6.07, 6.45) is 0.927. The number of nitriles is 1. The van der Waals surface area contributed by atoms with E-state index >= 15 is 0 Å². The van der Waals surface area contributed by atoms with Crippen LogP contribution < -0.4 is 24.3 Å². The van der Waals surface area contributed by atoms with Crippen molar-refractivity contribution in [3.63, 3.8) is 0 Å². The molecule has 46 heavy (non-hydrogen) atoms. The second-order valence-electron chi connectivity index (χ2n) is 12.4. The minimum atomic E-state index is -0.577. The predicted octanol–water partition coefficient (Wildman–Crippen LogP) is 3.87. The molecule has 11 heteroatoms. The quantitative estimate of drug-likeness (QED) is 0.318. The van der Waals surface area contributed by atoms with E-state index < -0.39 is 18.1 Å². The van der Waals surface area contributed by atoms with Crippen LogP contribution in [0.4, 0.5) is 0 Å². The summed E-state index contributed by atoms with van der Waals surface area (Å²) in [5, 5.41) is 25.6. The van der Waals surface area contributed by atoms with Gasteiger partial charge in [-0.05, 0) is 57.0 Å². The van der Waals surface area contributed by atoms with E-state index in [1.165, 1.54) is 6.92 Å². The number of nitrogens with zero attached hydrogens (tertiary/aromatic N) is 3. The van der Waals surface area contributed by atoms with Gasteiger partial charge in [-0.15, -0.1) is 0 Å². The van der Waals surface area contributed by atoms with Gasteiger partial charge in [-0.25, -0.2) is 0 Å². The first kappa shape index (κ1) is 29.9. The predicted molar refractivity (Wildman–Crippen MR) is 166 cm³/mol. The van der Waals surface area contributed by atoms with Crippen molar-refractivity contribution in [1.29, 1.82) is 5.26 Å². The zero-order chi connectivity index (χ0) is 32.4. The molecular formula is C35H36N4O7. The highest BCUT2D eigenvalue weighted by molar-refractivity contribution is 5.94. The van der Waals surface area contributed by atoms with E-state index in [1.807, 2.05) is 33.0 Å². The molecular weight excluding hydrogens is 588 g/mol. The molecule has 2 bridgehead atoms. The van der Waals surface area contributed by atoms with Crippen LogP contribution in [0.5, 0.6) is 28.7 Å². The van der Waals surface area contributed by atoms with Gasteiger partial charge in [0.15, 0.2) is 23.0 Å². The molecule has 0 spiro atoms. The molecule has 0 aliphatic carbocycles. The minimum Gasteiger partial charge on any atom is -0.504 e. The number of fused-ring (bicyclic) bond motifs is 9. The number of phenolic OH excluding ortho intramolecular Hbond substituents is 1. The average Bonchev–Trinajstić information content (AvgIpc) is 3.53. The molecule has 2 N–H and O–H groups in total. The largest absolute Gasteiger partial charge is 0.504 e. The van der Waals surface area contributed by atoms with E-state index in [-0.39, 0.29) is 43.1 Å². The molecule has 1 saturated heterocycles. The molecule has 238 valence electrons. The van der Waals surface area contributed by atoms with Gasteiger partial charge in [0.1, 0.15) is 11.8 Å². The van der Waals surface area contributed by atoms with Crippen molar-refractivity contribution in [1.82, 2.24) is 15.1 Å². The Bertz CT molecular complexity index is 1800. The lowest BCUT2D eigenvalue weighted by Crippen LogP contribution is -2.68. The maximum atomic E-state index is 13.4. The molecule has 1 amide bonds. The molecule has 4 heterocycles. The summed E-state index contributed by atoms with van der Waals surface area (Å²) in [5.41, 5.74) is 5.20. The maximum absolute atomic E-state index is 13.4. The molecule has 4 aliphatic heterocycles. The maximum Gasteiger partial charge on any atom is 0.308 e. The van der Waals surface area contributed by atoms with Crippen LogP contribution in [0.1, 0.15) is 62.7 Å². The number of aromatic hydroxyl groups is 1. The van der Waals surface area contributed by atoms with Crippen molar-refractivity contribution in [2.24, 2.45) is 0 Å². The van der Waals surface area contributed by atoms with Gasteiger partial charge in [-0.1, -0.05) is 24.3 Å². The van der Waals surface area contributed by atoms with Crippen LogP contribution in [-0.2, 0) is 17.6 Å². The fourth-order valence-electron chi connectivity index (χ4n) is 8.19. The van der Waals surface area contributed by atoms with Crippen molar-refractivity contribution in [3.05, 3.63) is 75.3 Å². The Morgan fingerprint density at radius 1 is 1.09 bits per heavy atom. The van der Waals surface area contributed by atoms with Gasteiger partial charge in [-0.3, -0.25) is 19.4 Å². The zero-order valence-corrected chi connectivity index (χ0v) is 26.4. The number of piperazine rings is 1. The van der Waals surface area contributed by atoms with Crippen molar-refractivity contribution in [2.75, 3.05) is 27.5 Å². The first-order valence-electron chi connectivity index (χ1n) is 15.4. The second-order valence-corrected chi connectivity index (χ2v) is 12.4. The van der Waals surface area contributed by atoms with Crippen LogP contribution in [-0.4, -0.2) is 72.4 Å². The Morgan fingerprint density at radius 3 is 2.52 bits per heavy atom. The molecule has 0 radical (unpaired) electrons. The van der Waals surface area contributed by atoms with E-state index in [0.29, 0.717) is 47.0 Å². The number of nitrogens with one attached hydrogen (secondary N) is 1. The number of benzene rings is 3. The van der Waals surface area contributed by atoms with Crippen molar-refractivity contribution in [2.45, 2.75) is 63.8 Å². The topological polar surface area (TPSA) is 134 Å². The second kappa shape index (κ2) is 11.2. The molecule has 3 aromatic carbocycles. The van der Waals surface area contributed by atoms with Crippen molar-refractivity contribution < 1.29 is 33.6 Å². The number of ether oxygens (including phenoxy) is 4. The normalized spacial score (nSPS) is 24.2. The standard InChI is InChI=1S/C35H36N4O7/c1-17-11-21-12-23-25(14-36)39-24(29(38(23)4)27(21)30(41)31(17)43-5)13-22-28(26(39)15-37-35(42)20-9-7-6-8-10-20)34-33(44-16-45-34)18(2)32(22)46-19(3)40/h6-11,23-26,29,41H,12-13,15-16H2,1-5H3,(H,37,42)/t23?,24?,25?,26-,29?/m0/s1. The molecule has 0 saturated carbocycles. The van der Waals surface area contributed by atoms with Gasteiger partial charge < -0.3 is 29.4 Å². The van der Waals surface area contributed by atoms with E-state index in [4.69, 9.17) is 18.9 Å². The molecule has 7 rings (SSSR count). The summed E-state index contributed by atoms with van der Waals surface area (Å²) in [7, 11) is 3.53. The van der Waals surface area contributed by atoms with Crippen LogP contribution in [0.15, 0.2) is 36.4 Å². The Balaban J connectivity index is 1.44. The highest BCUT2D eigenvalue weighted by atomic mass is 16.7. The van der Waals surface area contributed by atoms with Crippen LogP contribution in [0.25, 0.3) is 0 Å². The third kappa shape index (κ3) is 4.39. The van der Waals surface area contributed by atoms with Crippen LogP contribution in [0, 0.1) is 25.2 Å². The number of aryl methyl sites for hydroxylation is 1. The SMILES string of the molecule is COc1c(C)cc2c(c1O)C1C3Cc4c(OC(C)=O)c(C)c5c(c4[C@H](CNC(=O)c4ccccc4)N3C(C#N)C(C2)N1C)OCO5.